The van der Waals surface area contributed by atoms with Crippen molar-refractivity contribution in [2.24, 2.45) is 0 Å². The van der Waals surface area contributed by atoms with E-state index in [4.69, 9.17) is 4.98 Å². The van der Waals surface area contributed by atoms with Crippen molar-refractivity contribution in [3.8, 4) is 55.8 Å². The summed E-state index contributed by atoms with van der Waals surface area (Å²) in [4.78, 5) is 5.58. The van der Waals surface area contributed by atoms with E-state index in [0.29, 0.717) is 0 Å². The molecule has 2 aliphatic carbocycles. The lowest BCUT2D eigenvalue weighted by molar-refractivity contribution is 0.660. The maximum atomic E-state index is 5.58. The minimum atomic E-state index is -0.0961. The van der Waals surface area contributed by atoms with Gasteiger partial charge in [-0.15, -0.1) is 0 Å². The summed E-state index contributed by atoms with van der Waals surface area (Å²) in [5.41, 5.74) is 20.0. The Hall–Kier alpha value is -5.83. The minimum Gasteiger partial charge on any atom is -0.316 e. The van der Waals surface area contributed by atoms with Crippen LogP contribution in [-0.2, 0) is 17.4 Å². The fourth-order valence-corrected chi connectivity index (χ4v) is 9.42. The Morgan fingerprint density at radius 2 is 0.943 bits per heavy atom. The Bertz CT molecular complexity index is 2780. The van der Waals surface area contributed by atoms with Crippen molar-refractivity contribution in [3.05, 3.63) is 173 Å². The van der Waals surface area contributed by atoms with Crippen LogP contribution in [0.25, 0.3) is 77.4 Å². The molecule has 0 amide bonds. The molecule has 0 radical (unpaired) electrons. The van der Waals surface area contributed by atoms with Crippen molar-refractivity contribution in [3.63, 3.8) is 0 Å². The summed E-state index contributed by atoms with van der Waals surface area (Å²) in [7, 11) is 1.99. The number of aromatic nitrogens is 1. The van der Waals surface area contributed by atoms with Gasteiger partial charge in [0, 0.05) is 33.7 Å². The van der Waals surface area contributed by atoms with Gasteiger partial charge < -0.3 is 5.32 Å². The van der Waals surface area contributed by atoms with Crippen molar-refractivity contribution in [1.82, 2.24) is 10.3 Å². The van der Waals surface area contributed by atoms with Gasteiger partial charge in [0.2, 0.25) is 0 Å². The molecule has 0 atom stereocenters. The molecule has 1 heterocycles. The molecule has 7 aromatic carbocycles. The molecule has 1 aromatic heterocycles. The van der Waals surface area contributed by atoms with Crippen LogP contribution in [0.4, 0.5) is 0 Å². The van der Waals surface area contributed by atoms with Crippen LogP contribution in [0.3, 0.4) is 0 Å². The van der Waals surface area contributed by atoms with Crippen molar-refractivity contribution in [2.75, 3.05) is 7.05 Å². The number of rotatable bonds is 5. The predicted molar refractivity (Wildman–Crippen MR) is 223 cm³/mol. The maximum absolute atomic E-state index is 5.58. The monoisotopic (exact) mass is 682 g/mol. The summed E-state index contributed by atoms with van der Waals surface area (Å²) >= 11 is 0. The second-order valence-corrected chi connectivity index (χ2v) is 16.0. The number of nitrogens with zero attached hydrogens (tertiary/aromatic N) is 1. The van der Waals surface area contributed by atoms with Gasteiger partial charge in [0.25, 0.3) is 0 Å². The molecule has 0 spiro atoms. The second kappa shape index (κ2) is 11.6. The molecule has 1 N–H and O–H groups in total. The molecule has 53 heavy (non-hydrogen) atoms. The zero-order valence-corrected chi connectivity index (χ0v) is 31.0. The van der Waals surface area contributed by atoms with Crippen LogP contribution in [0.2, 0.25) is 0 Å². The highest BCUT2D eigenvalue weighted by Crippen LogP contribution is 2.52. The first-order chi connectivity index (χ1) is 25.7. The van der Waals surface area contributed by atoms with Gasteiger partial charge in [0.1, 0.15) is 0 Å². The van der Waals surface area contributed by atoms with E-state index >= 15 is 0 Å². The molecular weight excluding hydrogens is 641 g/mol. The Labute approximate surface area is 312 Å². The quantitative estimate of drug-likeness (QED) is 0.183. The average Bonchev–Trinajstić information content (AvgIpc) is 3.56. The summed E-state index contributed by atoms with van der Waals surface area (Å²) in [6.07, 6.45) is 0. The molecule has 0 fully saturated rings. The Balaban J connectivity index is 1.24. The van der Waals surface area contributed by atoms with E-state index in [9.17, 15) is 0 Å². The molecule has 2 heteroatoms. The van der Waals surface area contributed by atoms with E-state index in [1.54, 1.807) is 0 Å². The van der Waals surface area contributed by atoms with Crippen LogP contribution in [0.1, 0.15) is 55.5 Å². The molecule has 8 aromatic rings. The van der Waals surface area contributed by atoms with E-state index in [1.807, 2.05) is 7.05 Å². The molecule has 10 rings (SSSR count). The average molecular weight is 683 g/mol. The molecule has 0 bridgehead atoms. The first-order valence-corrected chi connectivity index (χ1v) is 18.8. The number of hydrogen-bond acceptors (Lipinski definition) is 2. The predicted octanol–water partition coefficient (Wildman–Crippen LogP) is 12.7. The van der Waals surface area contributed by atoms with Crippen LogP contribution in [0.5, 0.6) is 0 Å². The zero-order valence-electron chi connectivity index (χ0n) is 31.0. The number of benzene rings is 7. The summed E-state index contributed by atoms with van der Waals surface area (Å²) in [5, 5.41) is 6.84. The SMILES string of the molecule is CNCc1ccc(-c2cc3c(-c4ccc5c(c4)C(C)(C)c4ccccc4-5)cc(-c4ccc5c(c4)C(C)(C)c4ccccc4-5)nc3c3ccccc23)cc1. The van der Waals surface area contributed by atoms with Crippen molar-refractivity contribution in [2.45, 2.75) is 45.1 Å². The Kier molecular flexibility index (Phi) is 6.97. The molecule has 0 aliphatic heterocycles. The Morgan fingerprint density at radius 1 is 0.434 bits per heavy atom. The number of pyridine rings is 1. The van der Waals surface area contributed by atoms with Crippen LogP contribution in [0.15, 0.2) is 146 Å². The van der Waals surface area contributed by atoms with Gasteiger partial charge in [-0.2, -0.15) is 0 Å². The second-order valence-electron chi connectivity index (χ2n) is 16.0. The first kappa shape index (κ1) is 31.9. The summed E-state index contributed by atoms with van der Waals surface area (Å²) in [6, 6.07) is 54.5. The van der Waals surface area contributed by atoms with Gasteiger partial charge in [-0.1, -0.05) is 149 Å². The highest BCUT2D eigenvalue weighted by molar-refractivity contribution is 6.16. The maximum Gasteiger partial charge on any atom is 0.0794 e. The summed E-state index contributed by atoms with van der Waals surface area (Å²) in [6.45, 7) is 10.3. The standard InChI is InChI=1S/C51H42N2/c1-50(2)44-16-10-8-13-36(44)38-24-22-33(26-46(38)50)42-29-48(34-23-25-39-37-14-9-11-17-45(37)51(3,4)47(39)27-34)53-49-40-15-7-6-12-35(40)41(28-43(42)49)32-20-18-31(19-21-32)30-52-5/h6-29,52H,30H2,1-5H3. The molecule has 0 unspecified atom stereocenters. The van der Waals surface area contributed by atoms with E-state index in [1.165, 1.54) is 88.5 Å². The van der Waals surface area contributed by atoms with Gasteiger partial charge >= 0.3 is 0 Å². The van der Waals surface area contributed by atoms with Gasteiger partial charge in [-0.05, 0) is 109 Å². The lowest BCUT2D eigenvalue weighted by atomic mass is 9.81. The third-order valence-corrected chi connectivity index (χ3v) is 12.2. The van der Waals surface area contributed by atoms with E-state index in [-0.39, 0.29) is 10.8 Å². The summed E-state index contributed by atoms with van der Waals surface area (Å²) in [5.74, 6) is 0. The third kappa shape index (κ3) is 4.72. The normalized spacial score (nSPS) is 14.6. The van der Waals surface area contributed by atoms with Gasteiger partial charge in [0.05, 0.1) is 11.2 Å². The van der Waals surface area contributed by atoms with E-state index in [0.717, 1.165) is 23.3 Å². The molecule has 2 nitrogen and oxygen atoms in total. The fraction of sp³-hybridized carbons (Fsp3) is 0.157. The van der Waals surface area contributed by atoms with Crippen molar-refractivity contribution >= 4 is 21.7 Å². The number of hydrogen-bond donors (Lipinski definition) is 1. The topological polar surface area (TPSA) is 24.9 Å². The van der Waals surface area contributed by atoms with Crippen LogP contribution in [-0.4, -0.2) is 12.0 Å². The largest absolute Gasteiger partial charge is 0.316 e. The molecule has 0 saturated heterocycles. The number of fused-ring (bicyclic) bond motifs is 9. The van der Waals surface area contributed by atoms with Crippen LogP contribution >= 0.6 is 0 Å². The smallest absolute Gasteiger partial charge is 0.0794 e. The number of nitrogens with one attached hydrogen (secondary N) is 1. The minimum absolute atomic E-state index is 0.0907. The highest BCUT2D eigenvalue weighted by Gasteiger charge is 2.37. The first-order valence-electron chi connectivity index (χ1n) is 18.8. The lowest BCUT2D eigenvalue weighted by Crippen LogP contribution is -2.15. The highest BCUT2D eigenvalue weighted by atomic mass is 14.8. The van der Waals surface area contributed by atoms with Gasteiger partial charge in [0.15, 0.2) is 0 Å². The molecule has 256 valence electrons. The zero-order chi connectivity index (χ0) is 36.1. The lowest BCUT2D eigenvalue weighted by Gasteiger charge is -2.23. The molecular formula is C51H42N2. The fourth-order valence-electron chi connectivity index (χ4n) is 9.42. The Morgan fingerprint density at radius 3 is 1.58 bits per heavy atom. The van der Waals surface area contributed by atoms with Crippen molar-refractivity contribution < 1.29 is 0 Å². The van der Waals surface area contributed by atoms with E-state index < -0.39 is 0 Å². The van der Waals surface area contributed by atoms with Gasteiger partial charge in [-0.3, -0.25) is 0 Å². The van der Waals surface area contributed by atoms with Crippen LogP contribution in [0, 0.1) is 0 Å². The van der Waals surface area contributed by atoms with Crippen molar-refractivity contribution in [1.29, 1.82) is 0 Å². The summed E-state index contributed by atoms with van der Waals surface area (Å²) < 4.78 is 0. The van der Waals surface area contributed by atoms with Gasteiger partial charge in [-0.25, -0.2) is 4.98 Å². The van der Waals surface area contributed by atoms with Crippen LogP contribution < -0.4 is 5.32 Å². The molecule has 2 aliphatic rings. The van der Waals surface area contributed by atoms with E-state index in [2.05, 4.69) is 179 Å². The third-order valence-electron chi connectivity index (χ3n) is 12.2. The molecule has 0 saturated carbocycles.